The Morgan fingerprint density at radius 1 is 1.53 bits per heavy atom. The van der Waals surface area contributed by atoms with Crippen molar-refractivity contribution in [2.45, 2.75) is 9.92 Å². The van der Waals surface area contributed by atoms with Crippen LogP contribution in [0.2, 0.25) is 0 Å². The fourth-order valence-electron chi connectivity index (χ4n) is 1.33. The lowest BCUT2D eigenvalue weighted by Gasteiger charge is -2.01. The maximum Gasteiger partial charge on any atom is 0.354 e. The predicted molar refractivity (Wildman–Crippen MR) is 65.2 cm³/mol. The van der Waals surface area contributed by atoms with Crippen molar-refractivity contribution in [3.63, 3.8) is 0 Å². The number of carbonyl (C=O) groups is 1. The minimum absolute atomic E-state index is 0.0258. The van der Waals surface area contributed by atoms with Crippen LogP contribution in [-0.4, -0.2) is 30.8 Å². The summed E-state index contributed by atoms with van der Waals surface area (Å²) in [4.78, 5) is 25.5. The third-order valence-corrected chi connectivity index (χ3v) is 3.09. The zero-order chi connectivity index (χ0) is 14.0. The number of nitrogens with zero attached hydrogens (tertiary/aromatic N) is 4. The molecular weight excluding hydrogens is 272 g/mol. The molecular formula is C10H8N4O4S. The van der Waals surface area contributed by atoms with Gasteiger partial charge < -0.3 is 5.11 Å². The first-order valence-corrected chi connectivity index (χ1v) is 5.84. The van der Waals surface area contributed by atoms with Gasteiger partial charge in [-0.1, -0.05) is 11.8 Å². The molecule has 0 amide bonds. The lowest BCUT2D eigenvalue weighted by atomic mass is 10.3. The number of carboxylic acid groups (broad SMARTS) is 1. The summed E-state index contributed by atoms with van der Waals surface area (Å²) >= 11 is 0.996. The van der Waals surface area contributed by atoms with Gasteiger partial charge in [0.25, 0.3) is 0 Å². The van der Waals surface area contributed by atoms with E-state index < -0.39 is 10.9 Å². The minimum atomic E-state index is -1.23. The number of aromatic carboxylic acids is 1. The summed E-state index contributed by atoms with van der Waals surface area (Å²) in [7, 11) is 1.71. The highest BCUT2D eigenvalue weighted by atomic mass is 32.2. The van der Waals surface area contributed by atoms with E-state index in [0.717, 1.165) is 23.9 Å². The molecule has 0 saturated heterocycles. The van der Waals surface area contributed by atoms with Crippen molar-refractivity contribution < 1.29 is 14.8 Å². The predicted octanol–water partition coefficient (Wildman–Crippen LogP) is 1.57. The fraction of sp³-hybridized carbons (Fsp3) is 0.100. The van der Waals surface area contributed by atoms with E-state index in [4.69, 9.17) is 5.11 Å². The molecule has 19 heavy (non-hydrogen) atoms. The third-order valence-electron chi connectivity index (χ3n) is 2.15. The van der Waals surface area contributed by atoms with Gasteiger partial charge in [0.1, 0.15) is 5.69 Å². The topological polar surface area (TPSA) is 111 Å². The molecule has 0 radical (unpaired) electrons. The average Bonchev–Trinajstić information content (AvgIpc) is 2.74. The number of aromatic nitrogens is 3. The van der Waals surface area contributed by atoms with Crippen molar-refractivity contribution in [1.29, 1.82) is 0 Å². The van der Waals surface area contributed by atoms with E-state index in [9.17, 15) is 14.9 Å². The zero-order valence-electron chi connectivity index (χ0n) is 9.68. The second-order valence-corrected chi connectivity index (χ2v) is 4.60. The van der Waals surface area contributed by atoms with Crippen LogP contribution >= 0.6 is 11.8 Å². The highest BCUT2D eigenvalue weighted by Crippen LogP contribution is 2.32. The molecule has 2 rings (SSSR count). The molecule has 0 bridgehead atoms. The maximum absolute atomic E-state index is 10.9. The lowest BCUT2D eigenvalue weighted by molar-refractivity contribution is -0.388. The van der Waals surface area contributed by atoms with Crippen LogP contribution in [0, 0.1) is 10.1 Å². The van der Waals surface area contributed by atoms with Crippen LogP contribution in [0.5, 0.6) is 0 Å². The smallest absolute Gasteiger partial charge is 0.354 e. The summed E-state index contributed by atoms with van der Waals surface area (Å²) in [5.41, 5.74) is -0.476. The number of rotatable bonds is 4. The van der Waals surface area contributed by atoms with Crippen molar-refractivity contribution in [3.8, 4) is 0 Å². The Hall–Kier alpha value is -2.42. The molecule has 2 aromatic heterocycles. The summed E-state index contributed by atoms with van der Waals surface area (Å²) in [5, 5.41) is 23.7. The molecule has 0 fully saturated rings. The van der Waals surface area contributed by atoms with Crippen molar-refractivity contribution in [2.75, 3.05) is 0 Å². The van der Waals surface area contributed by atoms with Gasteiger partial charge in [0.2, 0.25) is 0 Å². The Bertz CT molecular complexity index is 655. The van der Waals surface area contributed by atoms with Crippen LogP contribution in [0.3, 0.4) is 0 Å². The number of nitro groups is 1. The average molecular weight is 280 g/mol. The molecule has 0 saturated carbocycles. The van der Waals surface area contributed by atoms with Gasteiger partial charge in [-0.25, -0.2) is 9.78 Å². The molecule has 0 spiro atoms. The molecule has 9 heteroatoms. The Labute approximate surface area is 111 Å². The van der Waals surface area contributed by atoms with Crippen molar-refractivity contribution >= 4 is 23.4 Å². The Morgan fingerprint density at radius 2 is 2.26 bits per heavy atom. The summed E-state index contributed by atoms with van der Waals surface area (Å²) < 4.78 is 1.54. The number of pyridine rings is 1. The van der Waals surface area contributed by atoms with Crippen molar-refractivity contribution in [1.82, 2.24) is 14.8 Å². The number of carboxylic acids is 1. The quantitative estimate of drug-likeness (QED) is 0.668. The Kier molecular flexibility index (Phi) is 3.47. The number of aryl methyl sites for hydroxylation is 1. The van der Waals surface area contributed by atoms with E-state index in [0.29, 0.717) is 4.90 Å². The van der Waals surface area contributed by atoms with Crippen molar-refractivity contribution in [2.24, 2.45) is 7.05 Å². The Balaban J connectivity index is 2.42. The highest BCUT2D eigenvalue weighted by molar-refractivity contribution is 7.99. The largest absolute Gasteiger partial charge is 0.477 e. The van der Waals surface area contributed by atoms with E-state index in [-0.39, 0.29) is 16.4 Å². The molecule has 0 aliphatic carbocycles. The van der Waals surface area contributed by atoms with E-state index in [2.05, 4.69) is 10.1 Å². The summed E-state index contributed by atoms with van der Waals surface area (Å²) in [6.07, 6.45) is 3.17. The first-order chi connectivity index (χ1) is 8.97. The first kappa shape index (κ1) is 13.0. The molecule has 8 nitrogen and oxygen atoms in total. The second kappa shape index (κ2) is 5.06. The summed E-state index contributed by atoms with van der Waals surface area (Å²) in [5.74, 6) is -1.23. The van der Waals surface area contributed by atoms with Crippen LogP contribution in [-0.2, 0) is 7.05 Å². The van der Waals surface area contributed by atoms with E-state index >= 15 is 0 Å². The first-order valence-electron chi connectivity index (χ1n) is 5.02. The lowest BCUT2D eigenvalue weighted by Crippen LogP contribution is -2.03. The number of hydrogen-bond donors (Lipinski definition) is 1. The maximum atomic E-state index is 10.9. The number of hydrogen-bond acceptors (Lipinski definition) is 6. The van der Waals surface area contributed by atoms with Crippen molar-refractivity contribution in [3.05, 3.63) is 40.3 Å². The molecule has 0 aliphatic heterocycles. The van der Waals surface area contributed by atoms with Gasteiger partial charge in [-0.15, -0.1) is 0 Å². The van der Waals surface area contributed by atoms with Gasteiger partial charge >= 0.3 is 11.7 Å². The minimum Gasteiger partial charge on any atom is -0.477 e. The molecule has 0 unspecified atom stereocenters. The van der Waals surface area contributed by atoms with E-state index in [1.807, 2.05) is 0 Å². The van der Waals surface area contributed by atoms with Crippen LogP contribution in [0.1, 0.15) is 10.5 Å². The fourth-order valence-corrected chi connectivity index (χ4v) is 2.25. The molecule has 1 N–H and O–H groups in total. The van der Waals surface area contributed by atoms with Gasteiger partial charge in [-0.05, 0) is 6.07 Å². The standard InChI is InChI=1S/C10H8N4O4S/c1-13-5-6(4-11-13)19-9-8(14(17)18)3-2-7(12-9)10(15)16/h2-5H,1H3,(H,15,16). The van der Waals surface area contributed by atoms with Gasteiger partial charge in [-0.3, -0.25) is 14.8 Å². The van der Waals surface area contributed by atoms with Crippen LogP contribution in [0.4, 0.5) is 5.69 Å². The van der Waals surface area contributed by atoms with Crippen LogP contribution in [0.25, 0.3) is 0 Å². The van der Waals surface area contributed by atoms with Crippen LogP contribution < -0.4 is 0 Å². The molecule has 0 aromatic carbocycles. The second-order valence-electron chi connectivity index (χ2n) is 3.53. The zero-order valence-corrected chi connectivity index (χ0v) is 10.5. The van der Waals surface area contributed by atoms with Gasteiger partial charge in [-0.2, -0.15) is 5.10 Å². The van der Waals surface area contributed by atoms with Gasteiger partial charge in [0.15, 0.2) is 5.03 Å². The molecule has 0 atom stereocenters. The van der Waals surface area contributed by atoms with E-state index in [1.54, 1.807) is 13.2 Å². The monoisotopic (exact) mass is 280 g/mol. The highest BCUT2D eigenvalue weighted by Gasteiger charge is 2.19. The normalized spacial score (nSPS) is 10.4. The summed E-state index contributed by atoms with van der Waals surface area (Å²) in [6.45, 7) is 0. The molecule has 98 valence electrons. The van der Waals surface area contributed by atoms with Gasteiger partial charge in [0, 0.05) is 19.3 Å². The van der Waals surface area contributed by atoms with E-state index in [1.165, 1.54) is 10.9 Å². The molecule has 2 heterocycles. The Morgan fingerprint density at radius 3 is 2.79 bits per heavy atom. The third kappa shape index (κ3) is 2.88. The van der Waals surface area contributed by atoms with Gasteiger partial charge in [0.05, 0.1) is 16.0 Å². The summed E-state index contributed by atoms with van der Waals surface area (Å²) in [6, 6.07) is 2.24. The van der Waals surface area contributed by atoms with Crippen LogP contribution in [0.15, 0.2) is 34.4 Å². The molecule has 2 aromatic rings. The SMILES string of the molecule is Cn1cc(Sc2nc(C(=O)O)ccc2[N+](=O)[O-])cn1. The molecule has 0 aliphatic rings.